The van der Waals surface area contributed by atoms with Crippen LogP contribution in [0, 0.1) is 6.92 Å². The molecular formula is C16H26N2O2S. The molecule has 2 rings (SSSR count). The number of sulfonamides is 1. The highest BCUT2D eigenvalue weighted by Gasteiger charge is 2.31. The Hall–Kier alpha value is -0.910. The van der Waals surface area contributed by atoms with Gasteiger partial charge in [-0.15, -0.1) is 0 Å². The highest BCUT2D eigenvalue weighted by molar-refractivity contribution is 7.88. The first-order chi connectivity index (χ1) is 9.88. The molecule has 4 nitrogen and oxygen atoms in total. The lowest BCUT2D eigenvalue weighted by Crippen LogP contribution is -2.43. The van der Waals surface area contributed by atoms with Gasteiger partial charge >= 0.3 is 0 Å². The first kappa shape index (κ1) is 16.5. The van der Waals surface area contributed by atoms with Crippen LogP contribution in [-0.2, 0) is 16.4 Å². The lowest BCUT2D eigenvalue weighted by molar-refractivity contribution is 0.361. The van der Waals surface area contributed by atoms with Crippen molar-refractivity contribution in [2.45, 2.75) is 45.2 Å². The molecule has 0 bridgehead atoms. The molecule has 1 aromatic rings. The van der Waals surface area contributed by atoms with Crippen LogP contribution in [-0.4, -0.2) is 44.2 Å². The molecule has 21 heavy (non-hydrogen) atoms. The fourth-order valence-electron chi connectivity index (χ4n) is 3.03. The Bertz CT molecular complexity index is 571. The Morgan fingerprint density at radius 1 is 1.38 bits per heavy atom. The molecule has 0 saturated carbocycles. The Morgan fingerprint density at radius 2 is 2.10 bits per heavy atom. The van der Waals surface area contributed by atoms with Gasteiger partial charge in [0.15, 0.2) is 0 Å². The summed E-state index contributed by atoms with van der Waals surface area (Å²) in [6, 6.07) is 8.86. The second kappa shape index (κ2) is 6.90. The molecule has 2 atom stereocenters. The van der Waals surface area contributed by atoms with E-state index in [1.807, 2.05) is 0 Å². The molecule has 1 heterocycles. The van der Waals surface area contributed by atoms with Gasteiger partial charge in [-0.2, -0.15) is 4.31 Å². The van der Waals surface area contributed by atoms with E-state index in [4.69, 9.17) is 0 Å². The van der Waals surface area contributed by atoms with Gasteiger partial charge in [-0.05, 0) is 44.2 Å². The van der Waals surface area contributed by atoms with Crippen molar-refractivity contribution in [2.75, 3.05) is 19.3 Å². The highest BCUT2D eigenvalue weighted by Crippen LogP contribution is 2.20. The van der Waals surface area contributed by atoms with Crippen LogP contribution in [0.5, 0.6) is 0 Å². The molecule has 1 aliphatic heterocycles. The molecule has 1 N–H and O–H groups in total. The number of nitrogens with one attached hydrogen (secondary N) is 1. The Balaban J connectivity index is 1.87. The summed E-state index contributed by atoms with van der Waals surface area (Å²) in [5.74, 6) is 0. The molecule has 0 radical (unpaired) electrons. The number of nitrogens with zero attached hydrogens (tertiary/aromatic N) is 1. The van der Waals surface area contributed by atoms with Crippen molar-refractivity contribution in [3.8, 4) is 0 Å². The maximum Gasteiger partial charge on any atom is 0.211 e. The van der Waals surface area contributed by atoms with Crippen LogP contribution >= 0.6 is 0 Å². The van der Waals surface area contributed by atoms with Gasteiger partial charge in [-0.3, -0.25) is 0 Å². The molecule has 118 valence electrons. The summed E-state index contributed by atoms with van der Waals surface area (Å²) in [6.45, 7) is 5.69. The smallest absolute Gasteiger partial charge is 0.211 e. The molecule has 1 aromatic carbocycles. The van der Waals surface area contributed by atoms with Crippen molar-refractivity contribution < 1.29 is 8.42 Å². The molecule has 0 unspecified atom stereocenters. The average molecular weight is 310 g/mol. The van der Waals surface area contributed by atoms with E-state index in [1.54, 1.807) is 4.31 Å². The zero-order valence-electron chi connectivity index (χ0n) is 13.2. The van der Waals surface area contributed by atoms with Gasteiger partial charge in [0.1, 0.15) is 0 Å². The Kier molecular flexibility index (Phi) is 5.41. The maximum atomic E-state index is 11.7. The summed E-state index contributed by atoms with van der Waals surface area (Å²) >= 11 is 0. The summed E-state index contributed by atoms with van der Waals surface area (Å²) in [7, 11) is -3.07. The normalized spacial score (nSPS) is 21.6. The lowest BCUT2D eigenvalue weighted by atomic mass is 10.0. The Morgan fingerprint density at radius 3 is 2.76 bits per heavy atom. The number of hydrogen-bond acceptors (Lipinski definition) is 3. The molecule has 1 fully saturated rings. The fraction of sp³-hybridized carbons (Fsp3) is 0.625. The van der Waals surface area contributed by atoms with Gasteiger partial charge in [0.25, 0.3) is 0 Å². The number of aryl methyl sites for hydroxylation is 1. The van der Waals surface area contributed by atoms with Gasteiger partial charge in [-0.1, -0.05) is 24.3 Å². The van der Waals surface area contributed by atoms with Crippen LogP contribution in [0.15, 0.2) is 24.3 Å². The minimum Gasteiger partial charge on any atom is -0.312 e. The van der Waals surface area contributed by atoms with Gasteiger partial charge in [0, 0.05) is 25.2 Å². The van der Waals surface area contributed by atoms with Crippen molar-refractivity contribution in [3.63, 3.8) is 0 Å². The minimum atomic E-state index is -3.07. The second-order valence-corrected chi connectivity index (χ2v) is 8.04. The van der Waals surface area contributed by atoms with E-state index < -0.39 is 10.0 Å². The predicted molar refractivity (Wildman–Crippen MR) is 86.9 cm³/mol. The molecule has 0 aromatic heterocycles. The molecule has 0 spiro atoms. The summed E-state index contributed by atoms with van der Waals surface area (Å²) in [6.07, 6.45) is 4.20. The van der Waals surface area contributed by atoms with Crippen molar-refractivity contribution in [2.24, 2.45) is 0 Å². The van der Waals surface area contributed by atoms with E-state index in [1.165, 1.54) is 17.4 Å². The van der Waals surface area contributed by atoms with Gasteiger partial charge in [0.2, 0.25) is 10.0 Å². The minimum absolute atomic E-state index is 0.110. The molecule has 0 amide bonds. The van der Waals surface area contributed by atoms with Crippen LogP contribution in [0.1, 0.15) is 30.9 Å². The van der Waals surface area contributed by atoms with Gasteiger partial charge in [0.05, 0.1) is 6.26 Å². The Labute approximate surface area is 128 Å². The number of benzene rings is 1. The van der Waals surface area contributed by atoms with Crippen LogP contribution in [0.4, 0.5) is 0 Å². The van der Waals surface area contributed by atoms with E-state index in [0.29, 0.717) is 12.6 Å². The monoisotopic (exact) mass is 310 g/mol. The third-order valence-corrected chi connectivity index (χ3v) is 5.57. The van der Waals surface area contributed by atoms with E-state index in [9.17, 15) is 8.42 Å². The van der Waals surface area contributed by atoms with E-state index >= 15 is 0 Å². The van der Waals surface area contributed by atoms with E-state index in [-0.39, 0.29) is 6.04 Å². The van der Waals surface area contributed by atoms with Crippen LogP contribution in [0.25, 0.3) is 0 Å². The van der Waals surface area contributed by atoms with Crippen molar-refractivity contribution in [3.05, 3.63) is 35.4 Å². The standard InChI is InChI=1S/C16H26N2O2S/c1-13-7-4-5-8-15(13)11-14(2)17-12-16-9-6-10-18(16)21(3,19)20/h4-5,7-8,14,16-17H,6,9-12H2,1-3H3/t14-,16-/m1/s1. The lowest BCUT2D eigenvalue weighted by Gasteiger charge is -2.24. The van der Waals surface area contributed by atoms with Crippen LogP contribution < -0.4 is 5.32 Å². The summed E-state index contributed by atoms with van der Waals surface area (Å²) in [5.41, 5.74) is 2.66. The molecule has 1 aliphatic rings. The quantitative estimate of drug-likeness (QED) is 0.873. The maximum absolute atomic E-state index is 11.7. The summed E-state index contributed by atoms with van der Waals surface area (Å²) < 4.78 is 25.1. The molecule has 1 saturated heterocycles. The topological polar surface area (TPSA) is 49.4 Å². The van der Waals surface area contributed by atoms with Gasteiger partial charge in [-0.25, -0.2) is 8.42 Å². The molecule has 0 aliphatic carbocycles. The third kappa shape index (κ3) is 4.53. The van der Waals surface area contributed by atoms with E-state index in [0.717, 1.165) is 25.8 Å². The van der Waals surface area contributed by atoms with Gasteiger partial charge < -0.3 is 5.32 Å². The molecule has 5 heteroatoms. The van der Waals surface area contributed by atoms with Crippen LogP contribution in [0.3, 0.4) is 0 Å². The summed E-state index contributed by atoms with van der Waals surface area (Å²) in [5, 5.41) is 3.50. The zero-order chi connectivity index (χ0) is 15.5. The van der Waals surface area contributed by atoms with Crippen molar-refractivity contribution >= 4 is 10.0 Å². The highest BCUT2D eigenvalue weighted by atomic mass is 32.2. The van der Waals surface area contributed by atoms with Crippen LogP contribution in [0.2, 0.25) is 0 Å². The number of hydrogen-bond donors (Lipinski definition) is 1. The van der Waals surface area contributed by atoms with Crippen molar-refractivity contribution in [1.29, 1.82) is 0 Å². The SMILES string of the molecule is Cc1ccccc1C[C@@H](C)NC[C@H]1CCCN1S(C)(=O)=O. The first-order valence-corrected chi connectivity index (χ1v) is 9.47. The largest absolute Gasteiger partial charge is 0.312 e. The zero-order valence-corrected chi connectivity index (χ0v) is 14.0. The third-order valence-electron chi connectivity index (χ3n) is 4.24. The van der Waals surface area contributed by atoms with E-state index in [2.05, 4.69) is 43.4 Å². The fourth-order valence-corrected chi connectivity index (χ4v) is 4.21. The second-order valence-electron chi connectivity index (χ2n) is 6.11. The predicted octanol–water partition coefficient (Wildman–Crippen LogP) is 1.94. The summed E-state index contributed by atoms with van der Waals surface area (Å²) in [4.78, 5) is 0. The number of rotatable bonds is 6. The molecular weight excluding hydrogens is 284 g/mol. The average Bonchev–Trinajstić information content (AvgIpc) is 2.87. The van der Waals surface area contributed by atoms with Crippen molar-refractivity contribution in [1.82, 2.24) is 9.62 Å². The first-order valence-electron chi connectivity index (χ1n) is 7.62.